The second kappa shape index (κ2) is 10.3. The number of ether oxygens (including phenoxy) is 2. The van der Waals surface area contributed by atoms with Crippen molar-refractivity contribution < 1.29 is 28.7 Å². The van der Waals surface area contributed by atoms with E-state index in [0.29, 0.717) is 30.4 Å². The van der Waals surface area contributed by atoms with E-state index in [1.54, 1.807) is 38.1 Å². The van der Waals surface area contributed by atoms with Gasteiger partial charge in [0, 0.05) is 27.2 Å². The summed E-state index contributed by atoms with van der Waals surface area (Å²) in [5, 5.41) is 0. The molecular weight excluding hydrogens is 442 g/mol. The van der Waals surface area contributed by atoms with Crippen molar-refractivity contribution in [3.63, 3.8) is 0 Å². The maximum atomic E-state index is 12.9. The zero-order valence-corrected chi connectivity index (χ0v) is 18.3. The summed E-state index contributed by atoms with van der Waals surface area (Å²) < 4.78 is 10.7. The van der Waals surface area contributed by atoms with E-state index in [0.717, 1.165) is 4.47 Å². The molecule has 1 aliphatic carbocycles. The topological polar surface area (TPSA) is 90.0 Å². The van der Waals surface area contributed by atoms with E-state index >= 15 is 0 Å². The van der Waals surface area contributed by atoms with Gasteiger partial charge >= 0.3 is 11.9 Å². The molecule has 0 saturated heterocycles. The van der Waals surface area contributed by atoms with E-state index in [1.807, 2.05) is 0 Å². The van der Waals surface area contributed by atoms with Gasteiger partial charge < -0.3 is 14.4 Å². The van der Waals surface area contributed by atoms with Gasteiger partial charge in [-0.2, -0.15) is 0 Å². The number of esters is 2. The van der Waals surface area contributed by atoms with Gasteiger partial charge in [-0.15, -0.1) is 0 Å². The molecule has 0 spiro atoms. The molecule has 1 aromatic rings. The van der Waals surface area contributed by atoms with Crippen LogP contribution in [0.2, 0.25) is 0 Å². The van der Waals surface area contributed by atoms with Crippen molar-refractivity contribution in [1.82, 2.24) is 4.90 Å². The molecule has 0 radical (unpaired) electrons. The predicted octanol–water partition coefficient (Wildman–Crippen LogP) is 3.07. The van der Waals surface area contributed by atoms with Crippen LogP contribution in [0.4, 0.5) is 0 Å². The van der Waals surface area contributed by atoms with Crippen LogP contribution in [0.1, 0.15) is 43.5 Å². The van der Waals surface area contributed by atoms with Crippen LogP contribution in [0.25, 0.3) is 0 Å². The van der Waals surface area contributed by atoms with E-state index in [2.05, 4.69) is 20.7 Å². The Bertz CT molecular complexity index is 828. The van der Waals surface area contributed by atoms with E-state index < -0.39 is 18.5 Å². The number of methoxy groups -OCH3 is 1. The number of hydrogen-bond acceptors (Lipinski definition) is 6. The highest BCUT2D eigenvalue weighted by Crippen LogP contribution is 2.29. The number of Topliss-reactive ketones (excluding diaryl/α,β-unsaturated/α-hetero) is 1. The standard InChI is InChI=1S/C21H24BrNO6/c1-13(2)23(11-19(25)28-3)20(26)16-5-4-6-17(16)21(27)29-12-18(24)14-7-9-15(22)10-8-14/h7-10,13H,4-6,11-12H2,1-3H3. The third-order valence-corrected chi connectivity index (χ3v) is 5.16. The maximum Gasteiger partial charge on any atom is 0.334 e. The molecule has 29 heavy (non-hydrogen) atoms. The number of halogens is 1. The summed E-state index contributed by atoms with van der Waals surface area (Å²) >= 11 is 3.30. The highest BCUT2D eigenvalue weighted by Gasteiger charge is 2.31. The average molecular weight is 466 g/mol. The first-order valence-electron chi connectivity index (χ1n) is 9.30. The largest absolute Gasteiger partial charge is 0.468 e. The van der Waals surface area contributed by atoms with Gasteiger partial charge in [-0.3, -0.25) is 14.4 Å². The van der Waals surface area contributed by atoms with Gasteiger partial charge in [-0.1, -0.05) is 28.1 Å². The van der Waals surface area contributed by atoms with Gasteiger partial charge in [0.15, 0.2) is 12.4 Å². The number of hydrogen-bond donors (Lipinski definition) is 0. The van der Waals surface area contributed by atoms with Crippen LogP contribution in [0.15, 0.2) is 39.9 Å². The number of rotatable bonds is 8. The van der Waals surface area contributed by atoms with Crippen molar-refractivity contribution in [2.24, 2.45) is 0 Å². The van der Waals surface area contributed by atoms with Crippen molar-refractivity contribution in [3.05, 3.63) is 45.4 Å². The average Bonchev–Trinajstić information content (AvgIpc) is 3.19. The second-order valence-corrected chi connectivity index (χ2v) is 7.84. The maximum absolute atomic E-state index is 12.9. The van der Waals surface area contributed by atoms with Crippen LogP contribution < -0.4 is 0 Å². The Morgan fingerprint density at radius 1 is 1.07 bits per heavy atom. The van der Waals surface area contributed by atoms with Crippen molar-refractivity contribution in [2.75, 3.05) is 20.3 Å². The smallest absolute Gasteiger partial charge is 0.334 e. The first-order valence-corrected chi connectivity index (χ1v) is 10.1. The fraction of sp³-hybridized carbons (Fsp3) is 0.429. The minimum absolute atomic E-state index is 0.194. The third-order valence-electron chi connectivity index (χ3n) is 4.63. The number of amides is 1. The van der Waals surface area contributed by atoms with Gasteiger partial charge in [-0.05, 0) is 45.2 Å². The fourth-order valence-corrected chi connectivity index (χ4v) is 3.27. The van der Waals surface area contributed by atoms with Crippen LogP contribution in [0.3, 0.4) is 0 Å². The molecule has 0 unspecified atom stereocenters. The second-order valence-electron chi connectivity index (χ2n) is 6.92. The van der Waals surface area contributed by atoms with E-state index in [1.165, 1.54) is 12.0 Å². The van der Waals surface area contributed by atoms with Crippen molar-refractivity contribution in [3.8, 4) is 0 Å². The van der Waals surface area contributed by atoms with E-state index in [4.69, 9.17) is 4.74 Å². The molecule has 2 rings (SSSR count). The molecule has 7 nitrogen and oxygen atoms in total. The number of carbonyl (C=O) groups is 4. The number of benzene rings is 1. The Morgan fingerprint density at radius 2 is 1.69 bits per heavy atom. The Morgan fingerprint density at radius 3 is 2.28 bits per heavy atom. The quantitative estimate of drug-likeness (QED) is 0.432. The minimum Gasteiger partial charge on any atom is -0.468 e. The van der Waals surface area contributed by atoms with Crippen LogP contribution in [-0.4, -0.2) is 54.8 Å². The Kier molecular flexibility index (Phi) is 8.13. The monoisotopic (exact) mass is 465 g/mol. The van der Waals surface area contributed by atoms with E-state index in [9.17, 15) is 19.2 Å². The van der Waals surface area contributed by atoms with Crippen molar-refractivity contribution in [2.45, 2.75) is 39.2 Å². The molecule has 0 aliphatic heterocycles. The van der Waals surface area contributed by atoms with Gasteiger partial charge in [-0.25, -0.2) is 4.79 Å². The van der Waals surface area contributed by atoms with Crippen molar-refractivity contribution >= 4 is 39.6 Å². The summed E-state index contributed by atoms with van der Waals surface area (Å²) in [6.45, 7) is 2.97. The van der Waals surface area contributed by atoms with Gasteiger partial charge in [0.1, 0.15) is 6.54 Å². The Balaban J connectivity index is 2.09. The normalized spacial score (nSPS) is 13.4. The summed E-state index contributed by atoms with van der Waals surface area (Å²) in [6, 6.07) is 6.49. The third kappa shape index (κ3) is 6.00. The summed E-state index contributed by atoms with van der Waals surface area (Å²) in [6.07, 6.45) is 1.46. The summed E-state index contributed by atoms with van der Waals surface area (Å²) in [4.78, 5) is 50.7. The summed E-state index contributed by atoms with van der Waals surface area (Å²) in [5.74, 6) is -1.91. The van der Waals surface area contributed by atoms with Crippen molar-refractivity contribution in [1.29, 1.82) is 0 Å². The summed E-state index contributed by atoms with van der Waals surface area (Å²) in [5.41, 5.74) is 1.04. The zero-order valence-electron chi connectivity index (χ0n) is 16.7. The molecule has 0 N–H and O–H groups in total. The molecule has 0 bridgehead atoms. The lowest BCUT2D eigenvalue weighted by atomic mass is 10.1. The van der Waals surface area contributed by atoms with E-state index in [-0.39, 0.29) is 29.9 Å². The highest BCUT2D eigenvalue weighted by molar-refractivity contribution is 9.10. The molecule has 1 aliphatic rings. The lowest BCUT2D eigenvalue weighted by Crippen LogP contribution is -2.42. The number of carbonyl (C=O) groups excluding carboxylic acids is 4. The molecule has 8 heteroatoms. The SMILES string of the molecule is COC(=O)CN(C(=O)C1=C(C(=O)OCC(=O)c2ccc(Br)cc2)CCC1)C(C)C. The molecule has 0 aromatic heterocycles. The first kappa shape index (κ1) is 22.8. The van der Waals surface area contributed by atoms with Gasteiger partial charge in [0.05, 0.1) is 7.11 Å². The fourth-order valence-electron chi connectivity index (χ4n) is 3.01. The lowest BCUT2D eigenvalue weighted by Gasteiger charge is -2.26. The molecule has 0 atom stereocenters. The van der Waals surface area contributed by atoms with Gasteiger partial charge in [0.25, 0.3) is 5.91 Å². The Labute approximate surface area is 178 Å². The molecule has 156 valence electrons. The first-order chi connectivity index (χ1) is 13.7. The molecule has 0 heterocycles. The van der Waals surface area contributed by atoms with Crippen LogP contribution in [0, 0.1) is 0 Å². The Hall–Kier alpha value is -2.48. The lowest BCUT2D eigenvalue weighted by molar-refractivity contribution is -0.147. The number of nitrogens with zero attached hydrogens (tertiary/aromatic N) is 1. The van der Waals surface area contributed by atoms with Gasteiger partial charge in [0.2, 0.25) is 0 Å². The predicted molar refractivity (Wildman–Crippen MR) is 109 cm³/mol. The highest BCUT2D eigenvalue weighted by atomic mass is 79.9. The number of ketones is 1. The van der Waals surface area contributed by atoms with Crippen LogP contribution in [0.5, 0.6) is 0 Å². The molecule has 1 amide bonds. The van der Waals surface area contributed by atoms with Crippen LogP contribution >= 0.6 is 15.9 Å². The molecular formula is C21H24BrNO6. The zero-order chi connectivity index (χ0) is 21.6. The summed E-state index contributed by atoms with van der Waals surface area (Å²) in [7, 11) is 1.26. The molecule has 0 saturated carbocycles. The molecule has 0 fully saturated rings. The molecule has 1 aromatic carbocycles. The minimum atomic E-state index is -0.668. The van der Waals surface area contributed by atoms with Crippen LogP contribution in [-0.2, 0) is 23.9 Å².